The number of aromatic amines is 2. The summed E-state index contributed by atoms with van der Waals surface area (Å²) in [4.78, 5) is 35.1. The number of imidazole rings is 1. The Bertz CT molecular complexity index is 1780. The van der Waals surface area contributed by atoms with Gasteiger partial charge in [0.15, 0.2) is 11.5 Å². The normalized spacial score (nSPS) is 11.2. The molecule has 0 unspecified atom stereocenters. The molecule has 0 saturated carbocycles. The second-order valence-corrected chi connectivity index (χ2v) is 9.20. The van der Waals surface area contributed by atoms with Gasteiger partial charge >= 0.3 is 6.03 Å². The first-order valence-electron chi connectivity index (χ1n) is 12.2. The topological polar surface area (TPSA) is 128 Å². The molecule has 5 heterocycles. The highest BCUT2D eigenvalue weighted by atomic mass is 16.2. The third kappa shape index (κ3) is 4.21. The fourth-order valence-electron chi connectivity index (χ4n) is 4.32. The Morgan fingerprint density at radius 3 is 2.53 bits per heavy atom. The Hall–Kier alpha value is -5.12. The van der Waals surface area contributed by atoms with Crippen LogP contribution in [0.1, 0.15) is 12.5 Å². The first-order chi connectivity index (χ1) is 18.5. The Kier molecular flexibility index (Phi) is 5.76. The fraction of sp³-hybridized carbons (Fsp3) is 0.143. The van der Waals surface area contributed by atoms with Crippen LogP contribution in [0.5, 0.6) is 0 Å². The van der Waals surface area contributed by atoms with Gasteiger partial charge in [-0.25, -0.2) is 14.8 Å². The van der Waals surface area contributed by atoms with Crippen molar-refractivity contribution in [1.29, 1.82) is 0 Å². The maximum absolute atomic E-state index is 12.1. The molecule has 0 radical (unpaired) electrons. The maximum Gasteiger partial charge on any atom is 0.321 e. The van der Waals surface area contributed by atoms with Crippen molar-refractivity contribution in [2.24, 2.45) is 0 Å². The standard InChI is InChI=1S/C28H25N9O/c1-4-16-5-7-17(8-6-16)22-14-30-15-23-24(22)34-27(33-23)25-21-10-19(12-31-26(21)36-35-25)18-9-20(13-29-11-18)32-28(38)37(2)3/h5-15H,4H2,1-3H3,(H,32,38)(H,33,34)(H,31,35,36). The summed E-state index contributed by atoms with van der Waals surface area (Å²) in [5.41, 5.74) is 8.51. The van der Waals surface area contributed by atoms with E-state index in [1.54, 1.807) is 38.9 Å². The quantitative estimate of drug-likeness (QED) is 0.294. The van der Waals surface area contributed by atoms with E-state index in [0.29, 0.717) is 17.2 Å². The second-order valence-electron chi connectivity index (χ2n) is 9.20. The van der Waals surface area contributed by atoms with Crippen LogP contribution in [0.4, 0.5) is 10.5 Å². The van der Waals surface area contributed by atoms with Gasteiger partial charge in [0.2, 0.25) is 0 Å². The van der Waals surface area contributed by atoms with Crippen molar-refractivity contribution in [2.75, 3.05) is 19.4 Å². The van der Waals surface area contributed by atoms with Gasteiger partial charge in [-0.05, 0) is 29.7 Å². The van der Waals surface area contributed by atoms with Crippen LogP contribution in [0.15, 0.2) is 67.4 Å². The Morgan fingerprint density at radius 1 is 0.947 bits per heavy atom. The number of carbonyl (C=O) groups is 1. The van der Waals surface area contributed by atoms with E-state index in [2.05, 4.69) is 66.6 Å². The van der Waals surface area contributed by atoms with Crippen molar-refractivity contribution in [3.63, 3.8) is 0 Å². The summed E-state index contributed by atoms with van der Waals surface area (Å²) in [6.07, 6.45) is 9.68. The van der Waals surface area contributed by atoms with Crippen molar-refractivity contribution in [3.8, 4) is 33.8 Å². The number of fused-ring (bicyclic) bond motifs is 2. The highest BCUT2D eigenvalue weighted by Crippen LogP contribution is 2.32. The number of urea groups is 1. The zero-order chi connectivity index (χ0) is 26.2. The smallest absolute Gasteiger partial charge is 0.321 e. The molecule has 6 aromatic rings. The first kappa shape index (κ1) is 23.3. The molecule has 10 nitrogen and oxygen atoms in total. The average Bonchev–Trinajstić information content (AvgIpc) is 3.57. The predicted molar refractivity (Wildman–Crippen MR) is 148 cm³/mol. The van der Waals surface area contributed by atoms with Crippen LogP contribution in [0.25, 0.3) is 55.8 Å². The molecule has 3 N–H and O–H groups in total. The highest BCUT2D eigenvalue weighted by molar-refractivity contribution is 5.97. The molecule has 5 aromatic heterocycles. The number of nitrogens with one attached hydrogen (secondary N) is 3. The number of nitrogens with zero attached hydrogens (tertiary/aromatic N) is 6. The summed E-state index contributed by atoms with van der Waals surface area (Å²) in [6, 6.07) is 12.1. The summed E-state index contributed by atoms with van der Waals surface area (Å²) >= 11 is 0. The number of carbonyl (C=O) groups excluding carboxylic acids is 1. The molecule has 0 aliphatic heterocycles. The third-order valence-corrected chi connectivity index (χ3v) is 6.44. The van der Waals surface area contributed by atoms with E-state index in [4.69, 9.17) is 4.98 Å². The first-order valence-corrected chi connectivity index (χ1v) is 12.2. The number of H-pyrrole nitrogens is 2. The van der Waals surface area contributed by atoms with Crippen LogP contribution in [-0.4, -0.2) is 60.1 Å². The lowest BCUT2D eigenvalue weighted by Gasteiger charge is -2.12. The van der Waals surface area contributed by atoms with Gasteiger partial charge in [-0.1, -0.05) is 31.2 Å². The van der Waals surface area contributed by atoms with Crippen LogP contribution in [0.3, 0.4) is 0 Å². The number of aryl methyl sites for hydroxylation is 1. The van der Waals surface area contributed by atoms with E-state index in [0.717, 1.165) is 50.8 Å². The summed E-state index contributed by atoms with van der Waals surface area (Å²) < 4.78 is 0. The minimum Gasteiger partial charge on any atom is -0.335 e. The maximum atomic E-state index is 12.1. The van der Waals surface area contributed by atoms with Crippen LogP contribution < -0.4 is 5.32 Å². The number of aromatic nitrogens is 7. The van der Waals surface area contributed by atoms with Crippen molar-refractivity contribution in [1.82, 2.24) is 40.0 Å². The average molecular weight is 504 g/mol. The summed E-state index contributed by atoms with van der Waals surface area (Å²) in [7, 11) is 3.37. The molecule has 2 amide bonds. The van der Waals surface area contributed by atoms with E-state index in [-0.39, 0.29) is 6.03 Å². The number of pyridine rings is 3. The predicted octanol–water partition coefficient (Wildman–Crippen LogP) is 5.28. The van der Waals surface area contributed by atoms with Crippen LogP contribution in [0.2, 0.25) is 0 Å². The Balaban J connectivity index is 1.39. The lowest BCUT2D eigenvalue weighted by molar-refractivity contribution is 0.230. The van der Waals surface area contributed by atoms with Gasteiger partial charge in [-0.2, -0.15) is 5.10 Å². The van der Waals surface area contributed by atoms with Crippen LogP contribution in [0, 0.1) is 0 Å². The van der Waals surface area contributed by atoms with Gasteiger partial charge in [0.25, 0.3) is 0 Å². The zero-order valence-electron chi connectivity index (χ0n) is 21.1. The number of benzene rings is 1. The van der Waals surface area contributed by atoms with E-state index < -0.39 is 0 Å². The largest absolute Gasteiger partial charge is 0.335 e. The summed E-state index contributed by atoms with van der Waals surface area (Å²) in [5.74, 6) is 0.644. The molecular weight excluding hydrogens is 478 g/mol. The van der Waals surface area contributed by atoms with E-state index in [1.165, 1.54) is 10.5 Å². The monoisotopic (exact) mass is 503 g/mol. The SMILES string of the molecule is CCc1ccc(-c2cncc3[nH]c(-c4[nH]nc5ncc(-c6cncc(NC(=O)N(C)C)c6)cc45)nc23)cc1. The highest BCUT2D eigenvalue weighted by Gasteiger charge is 2.17. The molecule has 10 heteroatoms. The molecule has 1 aromatic carbocycles. The molecule has 0 bridgehead atoms. The van der Waals surface area contributed by atoms with Crippen molar-refractivity contribution in [3.05, 3.63) is 72.9 Å². The van der Waals surface area contributed by atoms with Crippen molar-refractivity contribution in [2.45, 2.75) is 13.3 Å². The minimum atomic E-state index is -0.227. The van der Waals surface area contributed by atoms with Gasteiger partial charge in [0.05, 0.1) is 34.5 Å². The molecule has 0 spiro atoms. The molecule has 188 valence electrons. The van der Waals surface area contributed by atoms with E-state index >= 15 is 0 Å². The Morgan fingerprint density at radius 2 is 1.74 bits per heavy atom. The molecule has 6 rings (SSSR count). The van der Waals surface area contributed by atoms with Gasteiger partial charge < -0.3 is 15.2 Å². The number of anilines is 1. The summed E-state index contributed by atoms with van der Waals surface area (Å²) in [6.45, 7) is 2.14. The number of hydrogen-bond donors (Lipinski definition) is 3. The lowest BCUT2D eigenvalue weighted by Crippen LogP contribution is -2.27. The van der Waals surface area contributed by atoms with E-state index in [1.807, 2.05) is 18.3 Å². The van der Waals surface area contributed by atoms with Crippen LogP contribution >= 0.6 is 0 Å². The molecule has 38 heavy (non-hydrogen) atoms. The molecule has 0 atom stereocenters. The van der Waals surface area contributed by atoms with Gasteiger partial charge in [-0.3, -0.25) is 15.1 Å². The number of hydrogen-bond acceptors (Lipinski definition) is 6. The third-order valence-electron chi connectivity index (χ3n) is 6.44. The molecule has 0 aliphatic rings. The van der Waals surface area contributed by atoms with Crippen molar-refractivity contribution < 1.29 is 4.79 Å². The minimum absolute atomic E-state index is 0.227. The van der Waals surface area contributed by atoms with Crippen LogP contribution in [-0.2, 0) is 6.42 Å². The lowest BCUT2D eigenvalue weighted by atomic mass is 10.0. The molecule has 0 aliphatic carbocycles. The Labute approximate surface area is 218 Å². The molecular formula is C28H25N9O. The van der Waals surface area contributed by atoms with Gasteiger partial charge in [0, 0.05) is 49.4 Å². The summed E-state index contributed by atoms with van der Waals surface area (Å²) in [5, 5.41) is 11.1. The van der Waals surface area contributed by atoms with Crippen molar-refractivity contribution >= 4 is 33.8 Å². The number of amides is 2. The van der Waals surface area contributed by atoms with E-state index in [9.17, 15) is 4.79 Å². The number of rotatable bonds is 5. The zero-order valence-corrected chi connectivity index (χ0v) is 21.1. The molecule has 0 fully saturated rings. The fourth-order valence-corrected chi connectivity index (χ4v) is 4.32. The van der Waals surface area contributed by atoms with Gasteiger partial charge in [0.1, 0.15) is 5.69 Å². The second kappa shape index (κ2) is 9.40. The molecule has 0 saturated heterocycles. The van der Waals surface area contributed by atoms with Gasteiger partial charge in [-0.15, -0.1) is 0 Å².